The van der Waals surface area contributed by atoms with E-state index in [1.54, 1.807) is 6.92 Å². The molecule has 1 aliphatic rings. The lowest BCUT2D eigenvalue weighted by molar-refractivity contribution is -0.139. The highest BCUT2D eigenvalue weighted by atomic mass is 79.9. The summed E-state index contributed by atoms with van der Waals surface area (Å²) >= 11 is 3.43. The van der Waals surface area contributed by atoms with Crippen LogP contribution < -0.4 is 10.1 Å². The number of rotatable bonds is 4. The molecule has 2 rings (SSSR count). The molecule has 110 valence electrons. The molecule has 1 saturated heterocycles. The summed E-state index contributed by atoms with van der Waals surface area (Å²) in [4.78, 5) is 14.3. The lowest BCUT2D eigenvalue weighted by Gasteiger charge is -2.33. The van der Waals surface area contributed by atoms with E-state index in [9.17, 15) is 4.79 Å². The van der Waals surface area contributed by atoms with Crippen LogP contribution in [-0.2, 0) is 4.79 Å². The molecule has 0 aliphatic carbocycles. The van der Waals surface area contributed by atoms with Crippen molar-refractivity contribution in [3.8, 4) is 5.75 Å². The number of para-hydroxylation sites is 1. The van der Waals surface area contributed by atoms with Gasteiger partial charge in [0.1, 0.15) is 5.75 Å². The van der Waals surface area contributed by atoms with Crippen molar-refractivity contribution in [2.75, 3.05) is 20.1 Å². The van der Waals surface area contributed by atoms with Gasteiger partial charge in [0.25, 0.3) is 5.91 Å². The van der Waals surface area contributed by atoms with Gasteiger partial charge in [-0.25, -0.2) is 0 Å². The molecule has 1 aromatic rings. The Morgan fingerprint density at radius 1 is 1.40 bits per heavy atom. The lowest BCUT2D eigenvalue weighted by Crippen LogP contribution is -2.48. The van der Waals surface area contributed by atoms with Crippen LogP contribution in [0.5, 0.6) is 5.75 Å². The molecule has 0 unspecified atom stereocenters. The summed E-state index contributed by atoms with van der Waals surface area (Å²) in [5.41, 5.74) is 0. The first-order valence-electron chi connectivity index (χ1n) is 6.98. The number of likely N-dealkylation sites (N-methyl/N-ethyl adjacent to an activating group) is 1. The van der Waals surface area contributed by atoms with Crippen LogP contribution in [0.15, 0.2) is 28.7 Å². The normalized spacial score (nSPS) is 17.6. The molecule has 0 radical (unpaired) electrons. The summed E-state index contributed by atoms with van der Waals surface area (Å²) in [6.07, 6.45) is 1.53. The molecule has 0 bridgehead atoms. The van der Waals surface area contributed by atoms with Crippen LogP contribution in [0, 0.1) is 0 Å². The molecule has 1 heterocycles. The number of benzene rings is 1. The second kappa shape index (κ2) is 7.09. The van der Waals surface area contributed by atoms with Gasteiger partial charge in [-0.2, -0.15) is 0 Å². The molecule has 1 aromatic carbocycles. The van der Waals surface area contributed by atoms with E-state index in [1.807, 2.05) is 36.2 Å². The van der Waals surface area contributed by atoms with Crippen molar-refractivity contribution in [2.24, 2.45) is 0 Å². The average Bonchev–Trinajstić information content (AvgIpc) is 2.49. The molecule has 4 nitrogen and oxygen atoms in total. The molecule has 1 N–H and O–H groups in total. The molecule has 0 aromatic heterocycles. The number of carbonyl (C=O) groups is 1. The quantitative estimate of drug-likeness (QED) is 0.915. The van der Waals surface area contributed by atoms with Crippen LogP contribution in [0.2, 0.25) is 0 Å². The van der Waals surface area contributed by atoms with Gasteiger partial charge >= 0.3 is 0 Å². The van der Waals surface area contributed by atoms with E-state index in [0.29, 0.717) is 11.8 Å². The third kappa shape index (κ3) is 3.73. The highest BCUT2D eigenvalue weighted by Crippen LogP contribution is 2.25. The van der Waals surface area contributed by atoms with E-state index in [-0.39, 0.29) is 5.91 Å². The monoisotopic (exact) mass is 340 g/mol. The molecule has 1 aliphatic heterocycles. The Hall–Kier alpha value is -1.07. The first kappa shape index (κ1) is 15.3. The van der Waals surface area contributed by atoms with Gasteiger partial charge in [-0.1, -0.05) is 12.1 Å². The number of nitrogens with one attached hydrogen (secondary N) is 1. The van der Waals surface area contributed by atoms with Crippen LogP contribution in [0.4, 0.5) is 0 Å². The van der Waals surface area contributed by atoms with Gasteiger partial charge < -0.3 is 15.0 Å². The summed E-state index contributed by atoms with van der Waals surface area (Å²) in [5, 5.41) is 3.31. The maximum atomic E-state index is 12.4. The SMILES string of the molecule is C[C@@H](Oc1ccccc1Br)C(=O)N(C)C1CCNCC1. The molecule has 0 spiro atoms. The van der Waals surface area contributed by atoms with Crippen LogP contribution >= 0.6 is 15.9 Å². The Bertz CT molecular complexity index is 461. The molecule has 0 saturated carbocycles. The van der Waals surface area contributed by atoms with Gasteiger partial charge in [0.15, 0.2) is 6.10 Å². The number of halogens is 1. The highest BCUT2D eigenvalue weighted by molar-refractivity contribution is 9.10. The Labute approximate surface area is 128 Å². The molecule has 5 heteroatoms. The van der Waals surface area contributed by atoms with Crippen LogP contribution in [0.1, 0.15) is 19.8 Å². The van der Waals surface area contributed by atoms with Crippen molar-refractivity contribution in [1.82, 2.24) is 10.2 Å². The van der Waals surface area contributed by atoms with Gasteiger partial charge in [0.05, 0.1) is 4.47 Å². The van der Waals surface area contributed by atoms with Crippen LogP contribution in [-0.4, -0.2) is 43.1 Å². The van der Waals surface area contributed by atoms with Gasteiger partial charge in [-0.05, 0) is 60.9 Å². The molecular weight excluding hydrogens is 320 g/mol. The first-order chi connectivity index (χ1) is 9.59. The van der Waals surface area contributed by atoms with Crippen LogP contribution in [0.25, 0.3) is 0 Å². The van der Waals surface area contributed by atoms with Gasteiger partial charge in [-0.3, -0.25) is 4.79 Å². The highest BCUT2D eigenvalue weighted by Gasteiger charge is 2.26. The van der Waals surface area contributed by atoms with Gasteiger partial charge in [0.2, 0.25) is 0 Å². The summed E-state index contributed by atoms with van der Waals surface area (Å²) in [6.45, 7) is 3.75. The van der Waals surface area contributed by atoms with E-state index in [1.165, 1.54) is 0 Å². The fourth-order valence-electron chi connectivity index (χ4n) is 2.44. The van der Waals surface area contributed by atoms with E-state index < -0.39 is 6.10 Å². The Morgan fingerprint density at radius 3 is 2.70 bits per heavy atom. The topological polar surface area (TPSA) is 41.6 Å². The number of ether oxygens (including phenoxy) is 1. The standard InChI is InChI=1S/C15H21BrN2O2/c1-11(20-14-6-4-3-5-13(14)16)15(19)18(2)12-7-9-17-10-8-12/h3-6,11-12,17H,7-10H2,1-2H3/t11-/m1/s1. The molecule has 1 amide bonds. The van der Waals surface area contributed by atoms with Crippen molar-refractivity contribution < 1.29 is 9.53 Å². The molecule has 1 atom stereocenters. The molecule has 20 heavy (non-hydrogen) atoms. The van der Waals surface area contributed by atoms with Crippen molar-refractivity contribution >= 4 is 21.8 Å². The fraction of sp³-hybridized carbons (Fsp3) is 0.533. The maximum Gasteiger partial charge on any atom is 0.263 e. The predicted molar refractivity (Wildman–Crippen MR) is 82.9 cm³/mol. The fourth-order valence-corrected chi connectivity index (χ4v) is 2.82. The smallest absolute Gasteiger partial charge is 0.263 e. The van der Waals surface area contributed by atoms with Crippen LogP contribution in [0.3, 0.4) is 0 Å². The lowest BCUT2D eigenvalue weighted by atomic mass is 10.0. The zero-order valence-electron chi connectivity index (χ0n) is 11.9. The third-order valence-corrected chi connectivity index (χ3v) is 4.35. The average molecular weight is 341 g/mol. The second-order valence-electron chi connectivity index (χ2n) is 5.12. The summed E-state index contributed by atoms with van der Waals surface area (Å²) < 4.78 is 6.63. The van der Waals surface area contributed by atoms with Gasteiger partial charge in [0, 0.05) is 13.1 Å². The Kier molecular flexibility index (Phi) is 5.43. The zero-order chi connectivity index (χ0) is 14.5. The number of hydrogen-bond acceptors (Lipinski definition) is 3. The number of nitrogens with zero attached hydrogens (tertiary/aromatic N) is 1. The molecular formula is C15H21BrN2O2. The van der Waals surface area contributed by atoms with E-state index >= 15 is 0 Å². The number of piperidine rings is 1. The predicted octanol–water partition coefficient (Wildman–Crippen LogP) is 2.43. The van der Waals surface area contributed by atoms with E-state index in [0.717, 1.165) is 30.4 Å². The second-order valence-corrected chi connectivity index (χ2v) is 5.98. The summed E-state index contributed by atoms with van der Waals surface area (Å²) in [5.74, 6) is 0.736. The minimum absolute atomic E-state index is 0.0349. The van der Waals surface area contributed by atoms with E-state index in [2.05, 4.69) is 21.2 Å². The minimum atomic E-state index is -0.478. The van der Waals surface area contributed by atoms with E-state index in [4.69, 9.17) is 4.74 Å². The maximum absolute atomic E-state index is 12.4. The third-order valence-electron chi connectivity index (χ3n) is 3.69. The zero-order valence-corrected chi connectivity index (χ0v) is 13.5. The van der Waals surface area contributed by atoms with Crippen molar-refractivity contribution in [2.45, 2.75) is 31.9 Å². The summed E-state index contributed by atoms with van der Waals surface area (Å²) in [7, 11) is 1.87. The number of carbonyl (C=O) groups excluding carboxylic acids is 1. The van der Waals surface area contributed by atoms with Crippen molar-refractivity contribution in [1.29, 1.82) is 0 Å². The largest absolute Gasteiger partial charge is 0.480 e. The van der Waals surface area contributed by atoms with Gasteiger partial charge in [-0.15, -0.1) is 0 Å². The Balaban J connectivity index is 1.96. The van der Waals surface area contributed by atoms with Crippen molar-refractivity contribution in [3.05, 3.63) is 28.7 Å². The van der Waals surface area contributed by atoms with Crippen molar-refractivity contribution in [3.63, 3.8) is 0 Å². The molecule has 1 fully saturated rings. The summed E-state index contributed by atoms with van der Waals surface area (Å²) in [6, 6.07) is 7.90. The minimum Gasteiger partial charge on any atom is -0.480 e. The number of amides is 1. The number of hydrogen-bond donors (Lipinski definition) is 1. The Morgan fingerprint density at radius 2 is 2.05 bits per heavy atom. The first-order valence-corrected chi connectivity index (χ1v) is 7.77.